The van der Waals surface area contributed by atoms with Crippen LogP contribution in [0, 0.1) is 6.92 Å². The van der Waals surface area contributed by atoms with Gasteiger partial charge in [-0.05, 0) is 68.7 Å². The molecule has 1 N–H and O–H groups in total. The molecule has 6 nitrogen and oxygen atoms in total. The van der Waals surface area contributed by atoms with E-state index in [0.29, 0.717) is 24.5 Å². The van der Waals surface area contributed by atoms with Gasteiger partial charge in [-0.1, -0.05) is 25.0 Å². The Hall–Kier alpha value is -2.38. The van der Waals surface area contributed by atoms with Crippen molar-refractivity contribution in [1.82, 2.24) is 4.31 Å². The Kier molecular flexibility index (Phi) is 6.92. The SMILES string of the molecule is Cc1cccc(O[C@H](C)C(=O)Nc2ccc(S(=O)(=O)N3CCCCCC3)cc2)c1. The summed E-state index contributed by atoms with van der Waals surface area (Å²) in [6.07, 6.45) is 3.25. The van der Waals surface area contributed by atoms with Gasteiger partial charge in [-0.2, -0.15) is 4.31 Å². The normalized spacial score (nSPS) is 16.6. The van der Waals surface area contributed by atoms with E-state index in [0.717, 1.165) is 31.2 Å². The average molecular weight is 417 g/mol. The molecule has 1 atom stereocenters. The molecule has 1 aliphatic heterocycles. The molecular formula is C22H28N2O4S. The number of nitrogens with one attached hydrogen (secondary N) is 1. The number of amides is 1. The van der Waals surface area contributed by atoms with Crippen LogP contribution in [-0.2, 0) is 14.8 Å². The molecule has 0 spiro atoms. The summed E-state index contributed by atoms with van der Waals surface area (Å²) < 4.78 is 32.9. The van der Waals surface area contributed by atoms with E-state index in [2.05, 4.69) is 5.32 Å². The lowest BCUT2D eigenvalue weighted by atomic mass is 10.2. The minimum atomic E-state index is -3.50. The van der Waals surface area contributed by atoms with Crippen LogP contribution in [0.1, 0.15) is 38.2 Å². The quantitative estimate of drug-likeness (QED) is 0.773. The van der Waals surface area contributed by atoms with Crippen molar-refractivity contribution in [2.24, 2.45) is 0 Å². The highest BCUT2D eigenvalue weighted by Crippen LogP contribution is 2.22. The molecule has 1 aliphatic rings. The number of nitrogens with zero attached hydrogens (tertiary/aromatic N) is 1. The molecule has 1 amide bonds. The van der Waals surface area contributed by atoms with E-state index in [9.17, 15) is 13.2 Å². The van der Waals surface area contributed by atoms with E-state index >= 15 is 0 Å². The molecule has 156 valence electrons. The largest absolute Gasteiger partial charge is 0.481 e. The lowest BCUT2D eigenvalue weighted by Gasteiger charge is -2.20. The highest BCUT2D eigenvalue weighted by molar-refractivity contribution is 7.89. The highest BCUT2D eigenvalue weighted by atomic mass is 32.2. The second-order valence-electron chi connectivity index (χ2n) is 7.41. The Morgan fingerprint density at radius 1 is 1.03 bits per heavy atom. The van der Waals surface area contributed by atoms with Gasteiger partial charge < -0.3 is 10.1 Å². The zero-order valence-corrected chi connectivity index (χ0v) is 17.7. The molecule has 2 aromatic rings. The number of sulfonamides is 1. The maximum Gasteiger partial charge on any atom is 0.265 e. The highest BCUT2D eigenvalue weighted by Gasteiger charge is 2.25. The number of aryl methyl sites for hydroxylation is 1. The van der Waals surface area contributed by atoms with Crippen molar-refractivity contribution >= 4 is 21.6 Å². The van der Waals surface area contributed by atoms with E-state index in [1.165, 1.54) is 0 Å². The van der Waals surface area contributed by atoms with Crippen molar-refractivity contribution in [3.8, 4) is 5.75 Å². The molecule has 0 unspecified atom stereocenters. The Morgan fingerprint density at radius 2 is 1.69 bits per heavy atom. The Labute approximate surface area is 172 Å². The molecule has 0 saturated carbocycles. The van der Waals surface area contributed by atoms with Crippen molar-refractivity contribution in [3.63, 3.8) is 0 Å². The minimum Gasteiger partial charge on any atom is -0.481 e. The fraction of sp³-hybridized carbons (Fsp3) is 0.409. The van der Waals surface area contributed by atoms with E-state index in [-0.39, 0.29) is 10.8 Å². The first kappa shape index (κ1) is 21.3. The maximum atomic E-state index is 12.8. The minimum absolute atomic E-state index is 0.251. The second kappa shape index (κ2) is 9.41. The fourth-order valence-electron chi connectivity index (χ4n) is 3.33. The molecule has 7 heteroatoms. The Morgan fingerprint density at radius 3 is 2.31 bits per heavy atom. The topological polar surface area (TPSA) is 75.7 Å². The molecule has 3 rings (SSSR count). The monoisotopic (exact) mass is 416 g/mol. The third-order valence-corrected chi connectivity index (χ3v) is 6.91. The Balaban J connectivity index is 1.63. The summed E-state index contributed by atoms with van der Waals surface area (Å²) >= 11 is 0. The van der Waals surface area contributed by atoms with Crippen LogP contribution in [0.4, 0.5) is 5.69 Å². The predicted molar refractivity (Wildman–Crippen MR) is 114 cm³/mol. The number of ether oxygens (including phenoxy) is 1. The molecule has 1 fully saturated rings. The van der Waals surface area contributed by atoms with Gasteiger partial charge in [0.15, 0.2) is 6.10 Å². The fourth-order valence-corrected chi connectivity index (χ4v) is 4.85. The first-order chi connectivity index (χ1) is 13.9. The zero-order valence-electron chi connectivity index (χ0n) is 16.9. The van der Waals surface area contributed by atoms with E-state index in [1.807, 2.05) is 25.1 Å². The molecule has 0 aromatic heterocycles. The molecule has 29 heavy (non-hydrogen) atoms. The van der Waals surface area contributed by atoms with Crippen LogP contribution in [0.5, 0.6) is 5.75 Å². The lowest BCUT2D eigenvalue weighted by molar-refractivity contribution is -0.122. The van der Waals surface area contributed by atoms with Gasteiger partial charge in [0.2, 0.25) is 10.0 Å². The first-order valence-corrected chi connectivity index (χ1v) is 11.4. The van der Waals surface area contributed by atoms with Crippen molar-refractivity contribution in [2.75, 3.05) is 18.4 Å². The van der Waals surface area contributed by atoms with Gasteiger partial charge in [0, 0.05) is 18.8 Å². The molecule has 0 bridgehead atoms. The number of carbonyl (C=O) groups is 1. The van der Waals surface area contributed by atoms with Gasteiger partial charge in [-0.15, -0.1) is 0 Å². The maximum absolute atomic E-state index is 12.8. The van der Waals surface area contributed by atoms with E-state index in [1.54, 1.807) is 41.6 Å². The summed E-state index contributed by atoms with van der Waals surface area (Å²) in [6, 6.07) is 13.8. The van der Waals surface area contributed by atoms with E-state index in [4.69, 9.17) is 4.74 Å². The molecular weight excluding hydrogens is 388 g/mol. The predicted octanol–water partition coefficient (Wildman–Crippen LogP) is 3.97. The van der Waals surface area contributed by atoms with Crippen LogP contribution in [0.25, 0.3) is 0 Å². The average Bonchev–Trinajstić information content (AvgIpc) is 2.98. The summed E-state index contributed by atoms with van der Waals surface area (Å²) in [5.74, 6) is 0.334. The summed E-state index contributed by atoms with van der Waals surface area (Å²) in [4.78, 5) is 12.7. The molecule has 0 radical (unpaired) electrons. The van der Waals surface area contributed by atoms with Crippen molar-refractivity contribution in [3.05, 3.63) is 54.1 Å². The lowest BCUT2D eigenvalue weighted by Crippen LogP contribution is -2.32. The van der Waals surface area contributed by atoms with Gasteiger partial charge >= 0.3 is 0 Å². The summed E-state index contributed by atoms with van der Waals surface area (Å²) in [7, 11) is -3.50. The molecule has 1 saturated heterocycles. The van der Waals surface area contributed by atoms with Gasteiger partial charge in [-0.3, -0.25) is 4.79 Å². The summed E-state index contributed by atoms with van der Waals surface area (Å²) in [5, 5.41) is 2.77. The third kappa shape index (κ3) is 5.58. The van der Waals surface area contributed by atoms with Gasteiger partial charge in [0.1, 0.15) is 5.75 Å². The van der Waals surface area contributed by atoms with E-state index < -0.39 is 16.1 Å². The standard InChI is InChI=1S/C22H28N2O4S/c1-17-8-7-9-20(16-17)28-18(2)22(25)23-19-10-12-21(13-11-19)29(26,27)24-14-5-3-4-6-15-24/h7-13,16,18H,3-6,14-15H2,1-2H3,(H,23,25)/t18-/m1/s1. The molecule has 2 aromatic carbocycles. The summed E-state index contributed by atoms with van der Waals surface area (Å²) in [5.41, 5.74) is 1.58. The van der Waals surface area contributed by atoms with Crippen LogP contribution < -0.4 is 10.1 Å². The Bertz CT molecular complexity index is 934. The summed E-state index contributed by atoms with van der Waals surface area (Å²) in [6.45, 7) is 4.76. The van der Waals surface area contributed by atoms with Crippen LogP contribution in [0.3, 0.4) is 0 Å². The number of anilines is 1. The van der Waals surface area contributed by atoms with Crippen LogP contribution in [0.15, 0.2) is 53.4 Å². The third-order valence-electron chi connectivity index (χ3n) is 5.00. The number of hydrogen-bond acceptors (Lipinski definition) is 4. The van der Waals surface area contributed by atoms with Crippen molar-refractivity contribution < 1.29 is 17.9 Å². The smallest absolute Gasteiger partial charge is 0.265 e. The zero-order chi connectivity index (χ0) is 20.9. The van der Waals surface area contributed by atoms with Gasteiger partial charge in [0.25, 0.3) is 5.91 Å². The van der Waals surface area contributed by atoms with Crippen molar-refractivity contribution in [1.29, 1.82) is 0 Å². The molecule has 1 heterocycles. The number of rotatable bonds is 6. The van der Waals surface area contributed by atoms with Gasteiger partial charge in [0.05, 0.1) is 4.90 Å². The van der Waals surface area contributed by atoms with Crippen LogP contribution >= 0.6 is 0 Å². The second-order valence-corrected chi connectivity index (χ2v) is 9.35. The first-order valence-electron chi connectivity index (χ1n) is 10.0. The number of hydrogen-bond donors (Lipinski definition) is 1. The van der Waals surface area contributed by atoms with Crippen molar-refractivity contribution in [2.45, 2.75) is 50.5 Å². The van der Waals surface area contributed by atoms with Gasteiger partial charge in [-0.25, -0.2) is 8.42 Å². The van der Waals surface area contributed by atoms with Crippen LogP contribution in [-0.4, -0.2) is 37.8 Å². The number of benzene rings is 2. The number of carbonyl (C=O) groups excluding carboxylic acids is 1. The van der Waals surface area contributed by atoms with Crippen LogP contribution in [0.2, 0.25) is 0 Å². The molecule has 0 aliphatic carbocycles.